The highest BCUT2D eigenvalue weighted by Gasteiger charge is 2.39. The molecule has 33 heavy (non-hydrogen) atoms. The van der Waals surface area contributed by atoms with E-state index >= 15 is 0 Å². The van der Waals surface area contributed by atoms with Crippen LogP contribution in [-0.4, -0.2) is 17.0 Å². The minimum atomic E-state index is -0.391. The molecule has 0 heterocycles. The second-order valence-corrected chi connectivity index (χ2v) is 15.7. The third kappa shape index (κ3) is 5.39. The lowest BCUT2D eigenvalue weighted by atomic mass is 9.99. The Bertz CT molecular complexity index is 862. The molecular weight excluding hydrogens is 434 g/mol. The molecule has 5 rings (SSSR count). The minimum absolute atomic E-state index is 0.0235. The van der Waals surface area contributed by atoms with Crippen molar-refractivity contribution in [1.82, 2.24) is 0 Å². The fourth-order valence-electron chi connectivity index (χ4n) is 6.55. The van der Waals surface area contributed by atoms with Gasteiger partial charge in [0.05, 0.1) is 0 Å². The van der Waals surface area contributed by atoms with Crippen molar-refractivity contribution in [3.8, 4) is 0 Å². The Balaban J connectivity index is 1.47. The van der Waals surface area contributed by atoms with Crippen LogP contribution in [0.2, 0.25) is 0 Å². The highest BCUT2D eigenvalue weighted by Crippen LogP contribution is 2.65. The number of hydrogen-bond donors (Lipinski definition) is 0. The van der Waals surface area contributed by atoms with Crippen molar-refractivity contribution < 1.29 is 0 Å². The summed E-state index contributed by atoms with van der Waals surface area (Å²) in [7, 11) is -0.415. The summed E-state index contributed by atoms with van der Waals surface area (Å²) in [5, 5.41) is 4.94. The van der Waals surface area contributed by atoms with Crippen LogP contribution in [-0.2, 0) is 0 Å². The van der Waals surface area contributed by atoms with E-state index in [4.69, 9.17) is 0 Å². The van der Waals surface area contributed by atoms with Crippen LogP contribution in [0.4, 0.5) is 0 Å². The van der Waals surface area contributed by atoms with Gasteiger partial charge in [0.15, 0.2) is 0 Å². The van der Waals surface area contributed by atoms with Crippen LogP contribution in [0.1, 0.15) is 71.1 Å². The summed E-state index contributed by atoms with van der Waals surface area (Å²) in [6.45, 7) is 2.56. The number of allylic oxidation sites excluding steroid dienone is 4. The summed E-state index contributed by atoms with van der Waals surface area (Å²) < 4.78 is 0. The SMILES string of the molecule is CC(C1C=CC=C1P(C1CCCCC1)C1CCCCC1)P(c1ccccc1)c1ccccc1. The third-order valence-electron chi connectivity index (χ3n) is 8.16. The molecule has 0 aliphatic heterocycles. The van der Waals surface area contributed by atoms with Crippen LogP contribution in [0.5, 0.6) is 0 Å². The van der Waals surface area contributed by atoms with Crippen LogP contribution >= 0.6 is 15.8 Å². The molecule has 2 saturated carbocycles. The van der Waals surface area contributed by atoms with E-state index in [9.17, 15) is 0 Å². The standard InChI is InChI=1S/C31H40P2/c1-25(32(26-15-6-2-7-16-26)27-17-8-3-9-18-27)30-23-14-24-31(30)33(28-19-10-4-11-20-28)29-21-12-5-13-22-29/h2-3,6-9,14-18,23-25,28-30H,4-5,10-13,19-22H2,1H3. The third-order valence-corrected chi connectivity index (χ3v) is 14.7. The van der Waals surface area contributed by atoms with E-state index in [1.807, 2.05) is 5.31 Å². The molecule has 2 aromatic carbocycles. The van der Waals surface area contributed by atoms with Crippen LogP contribution in [0.15, 0.2) is 84.2 Å². The largest absolute Gasteiger partial charge is 0.0763 e. The van der Waals surface area contributed by atoms with E-state index < -0.39 is 7.92 Å². The lowest BCUT2D eigenvalue weighted by Crippen LogP contribution is -2.28. The Kier molecular flexibility index (Phi) is 8.18. The van der Waals surface area contributed by atoms with E-state index in [2.05, 4.69) is 85.8 Å². The van der Waals surface area contributed by atoms with Crippen molar-refractivity contribution in [2.24, 2.45) is 5.92 Å². The molecule has 0 amide bonds. The molecule has 0 spiro atoms. The van der Waals surface area contributed by atoms with Gasteiger partial charge in [0.1, 0.15) is 0 Å². The van der Waals surface area contributed by atoms with Crippen molar-refractivity contribution in [1.29, 1.82) is 0 Å². The van der Waals surface area contributed by atoms with Crippen molar-refractivity contribution in [2.75, 3.05) is 0 Å². The molecule has 2 heteroatoms. The Morgan fingerprint density at radius 3 is 1.64 bits per heavy atom. The molecule has 0 saturated heterocycles. The van der Waals surface area contributed by atoms with Crippen LogP contribution in [0, 0.1) is 5.92 Å². The van der Waals surface area contributed by atoms with E-state index in [1.54, 1.807) is 0 Å². The maximum absolute atomic E-state index is 2.60. The summed E-state index contributed by atoms with van der Waals surface area (Å²) in [4.78, 5) is 0. The predicted molar refractivity (Wildman–Crippen MR) is 150 cm³/mol. The smallest absolute Gasteiger partial charge is 0.00966 e. The molecular formula is C31H40P2. The lowest BCUT2D eigenvalue weighted by molar-refractivity contribution is 0.485. The summed E-state index contributed by atoms with van der Waals surface area (Å²) >= 11 is 0. The summed E-state index contributed by atoms with van der Waals surface area (Å²) in [6.07, 6.45) is 22.4. The zero-order valence-corrected chi connectivity index (χ0v) is 22.1. The van der Waals surface area contributed by atoms with E-state index in [1.165, 1.54) is 74.8 Å². The minimum Gasteiger partial charge on any atom is -0.0763 e. The van der Waals surface area contributed by atoms with Gasteiger partial charge in [-0.25, -0.2) is 0 Å². The first kappa shape index (κ1) is 23.5. The second-order valence-electron chi connectivity index (χ2n) is 10.3. The van der Waals surface area contributed by atoms with Gasteiger partial charge in [-0.2, -0.15) is 0 Å². The van der Waals surface area contributed by atoms with Gasteiger partial charge in [-0.1, -0.05) is 132 Å². The van der Waals surface area contributed by atoms with Gasteiger partial charge < -0.3 is 0 Å². The van der Waals surface area contributed by atoms with Gasteiger partial charge in [0, 0.05) is 5.92 Å². The summed E-state index contributed by atoms with van der Waals surface area (Å²) in [5.41, 5.74) is 2.60. The van der Waals surface area contributed by atoms with Crippen LogP contribution in [0.25, 0.3) is 0 Å². The van der Waals surface area contributed by atoms with Crippen molar-refractivity contribution >= 4 is 26.5 Å². The fraction of sp³-hybridized carbons (Fsp3) is 0.484. The van der Waals surface area contributed by atoms with Crippen molar-refractivity contribution in [3.63, 3.8) is 0 Å². The average molecular weight is 475 g/mol. The Morgan fingerprint density at radius 2 is 1.15 bits per heavy atom. The first-order valence-electron chi connectivity index (χ1n) is 13.4. The van der Waals surface area contributed by atoms with Crippen LogP contribution in [0.3, 0.4) is 0 Å². The molecule has 0 aromatic heterocycles. The Labute approximate surface area is 204 Å². The predicted octanol–water partition coefficient (Wildman–Crippen LogP) is 8.73. The zero-order valence-electron chi connectivity index (χ0n) is 20.3. The highest BCUT2D eigenvalue weighted by molar-refractivity contribution is 7.73. The fourth-order valence-corrected chi connectivity index (χ4v) is 13.7. The Hall–Kier alpha value is -1.22. The summed E-state index contributed by atoms with van der Waals surface area (Å²) in [5.74, 6) is 0.617. The van der Waals surface area contributed by atoms with Crippen molar-refractivity contribution in [3.05, 3.63) is 84.2 Å². The monoisotopic (exact) mass is 474 g/mol. The second kappa shape index (κ2) is 11.5. The molecule has 2 atom stereocenters. The highest BCUT2D eigenvalue weighted by atomic mass is 31.1. The quantitative estimate of drug-likeness (QED) is 0.352. The van der Waals surface area contributed by atoms with E-state index in [0.717, 1.165) is 11.3 Å². The molecule has 2 unspecified atom stereocenters. The molecule has 3 aliphatic rings. The van der Waals surface area contributed by atoms with E-state index in [-0.39, 0.29) is 7.92 Å². The number of rotatable bonds is 7. The number of benzene rings is 2. The lowest BCUT2D eigenvalue weighted by Gasteiger charge is -2.43. The first-order valence-corrected chi connectivity index (χ1v) is 16.3. The topological polar surface area (TPSA) is 0 Å². The normalized spacial score (nSPS) is 23.2. The Morgan fingerprint density at radius 1 is 0.667 bits per heavy atom. The van der Waals surface area contributed by atoms with Gasteiger partial charge in [-0.15, -0.1) is 0 Å². The van der Waals surface area contributed by atoms with Gasteiger partial charge >= 0.3 is 0 Å². The molecule has 174 valence electrons. The van der Waals surface area contributed by atoms with Crippen LogP contribution < -0.4 is 10.6 Å². The molecule has 0 nitrogen and oxygen atoms in total. The van der Waals surface area contributed by atoms with Gasteiger partial charge in [0.2, 0.25) is 0 Å². The van der Waals surface area contributed by atoms with Gasteiger partial charge in [-0.05, 0) is 66.5 Å². The van der Waals surface area contributed by atoms with E-state index in [0.29, 0.717) is 11.6 Å². The molecule has 2 fully saturated rings. The van der Waals surface area contributed by atoms with Gasteiger partial charge in [0.25, 0.3) is 0 Å². The average Bonchev–Trinajstić information content (AvgIpc) is 3.36. The molecule has 0 bridgehead atoms. The molecule has 3 aliphatic carbocycles. The molecule has 0 N–H and O–H groups in total. The first-order chi connectivity index (χ1) is 16.3. The zero-order chi connectivity index (χ0) is 22.5. The maximum atomic E-state index is 2.60. The summed E-state index contributed by atoms with van der Waals surface area (Å²) in [6, 6.07) is 22.8. The van der Waals surface area contributed by atoms with Crippen molar-refractivity contribution in [2.45, 2.75) is 88.1 Å². The molecule has 2 aromatic rings. The number of hydrogen-bond acceptors (Lipinski definition) is 0. The molecule has 0 radical (unpaired) electrons. The van der Waals surface area contributed by atoms with Gasteiger partial charge in [-0.3, -0.25) is 0 Å². The maximum Gasteiger partial charge on any atom is 0.00966 e.